The third-order valence-electron chi connectivity index (χ3n) is 2.00. The summed E-state index contributed by atoms with van der Waals surface area (Å²) in [6.45, 7) is 8.44. The zero-order valence-corrected chi connectivity index (χ0v) is 9.40. The van der Waals surface area contributed by atoms with Crippen LogP contribution in [0.4, 0.5) is 0 Å². The highest BCUT2D eigenvalue weighted by atomic mass is 32.1. The average Bonchev–Trinajstić information content (AvgIpc) is 2.03. The minimum atomic E-state index is 0.393. The summed E-state index contributed by atoms with van der Waals surface area (Å²) in [7, 11) is 0. The second-order valence-corrected chi connectivity index (χ2v) is 4.27. The predicted molar refractivity (Wildman–Crippen MR) is 57.6 cm³/mol. The molecule has 0 saturated heterocycles. The van der Waals surface area contributed by atoms with E-state index in [9.17, 15) is 0 Å². The highest BCUT2D eigenvalue weighted by Gasteiger charge is 2.05. The lowest BCUT2D eigenvalue weighted by Crippen LogP contribution is -2.00. The average molecular weight is 196 g/mol. The molecule has 0 bridgehead atoms. The van der Waals surface area contributed by atoms with Gasteiger partial charge in [-0.3, -0.25) is 4.98 Å². The van der Waals surface area contributed by atoms with Gasteiger partial charge in [-0.2, -0.15) is 0 Å². The van der Waals surface area contributed by atoms with Crippen LogP contribution in [0.25, 0.3) is 0 Å². The van der Waals surface area contributed by atoms with Crippen molar-refractivity contribution >= 4 is 12.2 Å². The topological polar surface area (TPSA) is 28.7 Å². The van der Waals surface area contributed by atoms with E-state index in [4.69, 9.17) is 12.2 Å². The number of nitrogens with one attached hydrogen (secondary N) is 1. The molecule has 2 nitrogen and oxygen atoms in total. The minimum Gasteiger partial charge on any atom is -0.347 e. The number of hydrogen-bond acceptors (Lipinski definition) is 2. The summed E-state index contributed by atoms with van der Waals surface area (Å²) < 4.78 is 0.779. The van der Waals surface area contributed by atoms with E-state index < -0.39 is 0 Å². The summed E-state index contributed by atoms with van der Waals surface area (Å²) in [6.07, 6.45) is 1.88. The van der Waals surface area contributed by atoms with E-state index in [2.05, 4.69) is 37.7 Å². The maximum atomic E-state index is 5.22. The number of aromatic nitrogens is 2. The van der Waals surface area contributed by atoms with Crippen molar-refractivity contribution in [1.29, 1.82) is 0 Å². The van der Waals surface area contributed by atoms with Crippen LogP contribution < -0.4 is 0 Å². The fourth-order valence-electron chi connectivity index (χ4n) is 1.13. The fraction of sp³-hybridized carbons (Fsp3) is 0.600. The number of aromatic amines is 1. The van der Waals surface area contributed by atoms with Crippen LogP contribution >= 0.6 is 12.2 Å². The van der Waals surface area contributed by atoms with E-state index in [0.717, 1.165) is 16.0 Å². The van der Waals surface area contributed by atoms with E-state index in [1.54, 1.807) is 0 Å². The smallest absolute Gasteiger partial charge is 0.125 e. The van der Waals surface area contributed by atoms with Crippen LogP contribution in [0.5, 0.6) is 0 Å². The lowest BCUT2D eigenvalue weighted by atomic mass is 10.1. The van der Waals surface area contributed by atoms with Crippen LogP contribution in [0.3, 0.4) is 0 Å². The quantitative estimate of drug-likeness (QED) is 0.734. The summed E-state index contributed by atoms with van der Waals surface area (Å²) in [6, 6.07) is 0. The van der Waals surface area contributed by atoms with Gasteiger partial charge in [0.25, 0.3) is 0 Å². The third kappa shape index (κ3) is 2.37. The van der Waals surface area contributed by atoms with Crippen LogP contribution in [0.2, 0.25) is 0 Å². The number of hydrogen-bond donors (Lipinski definition) is 1. The summed E-state index contributed by atoms with van der Waals surface area (Å²) in [5, 5.41) is 0. The molecule has 72 valence electrons. The van der Waals surface area contributed by atoms with Gasteiger partial charge in [-0.25, -0.2) is 0 Å². The van der Waals surface area contributed by atoms with Gasteiger partial charge in [0.2, 0.25) is 0 Å². The summed E-state index contributed by atoms with van der Waals surface area (Å²) in [5.74, 6) is 0.848. The van der Waals surface area contributed by atoms with Crippen LogP contribution in [-0.2, 0) is 0 Å². The molecule has 0 aliphatic rings. The SMILES string of the molecule is CC(C)c1cnc(C(C)C)c(=S)[nH]1. The van der Waals surface area contributed by atoms with E-state index in [1.807, 2.05) is 6.20 Å². The van der Waals surface area contributed by atoms with Gasteiger partial charge < -0.3 is 4.98 Å². The van der Waals surface area contributed by atoms with E-state index in [0.29, 0.717) is 11.8 Å². The second kappa shape index (κ2) is 4.01. The molecule has 0 unspecified atom stereocenters. The molecule has 0 saturated carbocycles. The number of rotatable bonds is 2. The predicted octanol–water partition coefficient (Wildman–Crippen LogP) is 3.39. The van der Waals surface area contributed by atoms with Crippen molar-refractivity contribution in [2.75, 3.05) is 0 Å². The Morgan fingerprint density at radius 1 is 1.23 bits per heavy atom. The number of H-pyrrole nitrogens is 1. The molecule has 1 rings (SSSR count). The molecule has 0 fully saturated rings. The van der Waals surface area contributed by atoms with Crippen molar-refractivity contribution in [3.8, 4) is 0 Å². The Morgan fingerprint density at radius 2 is 1.85 bits per heavy atom. The summed E-state index contributed by atoms with van der Waals surface area (Å²) in [4.78, 5) is 7.57. The molecule has 0 aliphatic carbocycles. The van der Waals surface area contributed by atoms with Crippen molar-refractivity contribution < 1.29 is 0 Å². The Labute approximate surface area is 84.4 Å². The van der Waals surface area contributed by atoms with Crippen LogP contribution in [0.15, 0.2) is 6.20 Å². The first kappa shape index (κ1) is 10.4. The second-order valence-electron chi connectivity index (χ2n) is 3.86. The molecule has 1 heterocycles. The molecule has 0 aliphatic heterocycles. The monoisotopic (exact) mass is 196 g/mol. The van der Waals surface area contributed by atoms with Gasteiger partial charge in [0, 0.05) is 11.9 Å². The lowest BCUT2D eigenvalue weighted by molar-refractivity contribution is 0.761. The van der Waals surface area contributed by atoms with Gasteiger partial charge in [0.15, 0.2) is 0 Å². The van der Waals surface area contributed by atoms with E-state index >= 15 is 0 Å². The van der Waals surface area contributed by atoms with Crippen molar-refractivity contribution in [2.45, 2.75) is 39.5 Å². The minimum absolute atomic E-state index is 0.393. The molecule has 3 heteroatoms. The molecule has 13 heavy (non-hydrogen) atoms. The Kier molecular flexibility index (Phi) is 3.20. The highest BCUT2D eigenvalue weighted by Crippen LogP contribution is 2.15. The molecule has 0 atom stereocenters. The Morgan fingerprint density at radius 3 is 2.23 bits per heavy atom. The normalized spacial score (nSPS) is 11.2. The lowest BCUT2D eigenvalue weighted by Gasteiger charge is -2.08. The first-order valence-electron chi connectivity index (χ1n) is 4.61. The molecule has 0 amide bonds. The third-order valence-corrected chi connectivity index (χ3v) is 2.31. The van der Waals surface area contributed by atoms with Gasteiger partial charge in [-0.05, 0) is 11.8 Å². The van der Waals surface area contributed by atoms with Crippen LogP contribution in [0, 0.1) is 4.64 Å². The Bertz CT molecular complexity index is 339. The van der Waals surface area contributed by atoms with Gasteiger partial charge in [-0.1, -0.05) is 39.9 Å². The first-order valence-corrected chi connectivity index (χ1v) is 5.02. The molecule has 0 spiro atoms. The van der Waals surface area contributed by atoms with Gasteiger partial charge in [-0.15, -0.1) is 0 Å². The molecular formula is C10H16N2S. The maximum absolute atomic E-state index is 5.22. The summed E-state index contributed by atoms with van der Waals surface area (Å²) in [5.41, 5.74) is 2.09. The Balaban J connectivity index is 3.14. The Hall–Kier alpha value is -0.700. The van der Waals surface area contributed by atoms with Crippen molar-refractivity contribution in [3.05, 3.63) is 22.2 Å². The largest absolute Gasteiger partial charge is 0.347 e. The highest BCUT2D eigenvalue weighted by molar-refractivity contribution is 7.71. The van der Waals surface area contributed by atoms with Crippen molar-refractivity contribution in [3.63, 3.8) is 0 Å². The molecule has 1 aromatic heterocycles. The van der Waals surface area contributed by atoms with E-state index in [-0.39, 0.29) is 0 Å². The standard InChI is InChI=1S/C10H16N2S/c1-6(2)8-5-11-9(7(3)4)10(13)12-8/h5-7H,1-4H3,(H,12,13). The van der Waals surface area contributed by atoms with Crippen LogP contribution in [0.1, 0.15) is 50.9 Å². The van der Waals surface area contributed by atoms with Gasteiger partial charge in [0.1, 0.15) is 4.64 Å². The maximum Gasteiger partial charge on any atom is 0.125 e. The molecule has 1 N–H and O–H groups in total. The van der Waals surface area contributed by atoms with Crippen LogP contribution in [-0.4, -0.2) is 9.97 Å². The van der Waals surface area contributed by atoms with Crippen molar-refractivity contribution in [1.82, 2.24) is 9.97 Å². The zero-order chi connectivity index (χ0) is 10.0. The molecule has 1 aromatic rings. The zero-order valence-electron chi connectivity index (χ0n) is 8.59. The van der Waals surface area contributed by atoms with Crippen molar-refractivity contribution in [2.24, 2.45) is 0 Å². The molecular weight excluding hydrogens is 180 g/mol. The summed E-state index contributed by atoms with van der Waals surface area (Å²) >= 11 is 5.22. The molecule has 0 radical (unpaired) electrons. The molecule has 0 aromatic carbocycles. The number of nitrogens with zero attached hydrogens (tertiary/aromatic N) is 1. The van der Waals surface area contributed by atoms with Gasteiger partial charge >= 0.3 is 0 Å². The fourth-order valence-corrected chi connectivity index (χ4v) is 1.54. The van der Waals surface area contributed by atoms with E-state index in [1.165, 1.54) is 0 Å². The first-order chi connectivity index (χ1) is 6.02. The van der Waals surface area contributed by atoms with Gasteiger partial charge in [0.05, 0.1) is 5.69 Å².